The molecule has 0 bridgehead atoms. The molecule has 0 atom stereocenters. The molecule has 1 aliphatic rings. The predicted octanol–water partition coefficient (Wildman–Crippen LogP) is 3.25. The highest BCUT2D eigenvalue weighted by molar-refractivity contribution is 5.51. The van der Waals surface area contributed by atoms with E-state index in [1.807, 2.05) is 12.1 Å². The molecule has 0 unspecified atom stereocenters. The van der Waals surface area contributed by atoms with Crippen molar-refractivity contribution < 1.29 is 18.0 Å². The zero-order chi connectivity index (χ0) is 17.3. The van der Waals surface area contributed by atoms with Crippen molar-refractivity contribution in [2.24, 2.45) is 0 Å². The third-order valence-electron chi connectivity index (χ3n) is 4.14. The van der Waals surface area contributed by atoms with Crippen LogP contribution in [0.2, 0.25) is 0 Å². The summed E-state index contributed by atoms with van der Waals surface area (Å²) >= 11 is 0. The molecule has 0 saturated heterocycles. The average molecular weight is 344 g/mol. The van der Waals surface area contributed by atoms with E-state index in [-0.39, 0.29) is 11.2 Å². The SMILES string of the molecule is FC(F)COc1ccnc(-c2noc(C3(c4cccnc4)CC3)n2)c1. The van der Waals surface area contributed by atoms with E-state index in [0.29, 0.717) is 17.4 Å². The Morgan fingerprint density at radius 2 is 2.12 bits per heavy atom. The maximum atomic E-state index is 12.3. The van der Waals surface area contributed by atoms with Gasteiger partial charge in [-0.1, -0.05) is 11.2 Å². The van der Waals surface area contributed by atoms with E-state index in [9.17, 15) is 8.78 Å². The fourth-order valence-corrected chi connectivity index (χ4v) is 2.70. The number of ether oxygens (including phenoxy) is 1. The van der Waals surface area contributed by atoms with Gasteiger partial charge in [0.15, 0.2) is 0 Å². The van der Waals surface area contributed by atoms with Crippen molar-refractivity contribution in [1.82, 2.24) is 20.1 Å². The highest BCUT2D eigenvalue weighted by atomic mass is 19.3. The zero-order valence-corrected chi connectivity index (χ0v) is 13.1. The summed E-state index contributed by atoms with van der Waals surface area (Å²) in [7, 11) is 0. The van der Waals surface area contributed by atoms with Crippen molar-refractivity contribution >= 4 is 0 Å². The third-order valence-corrected chi connectivity index (χ3v) is 4.14. The van der Waals surface area contributed by atoms with Gasteiger partial charge in [-0.05, 0) is 30.5 Å². The molecule has 3 aromatic rings. The molecule has 1 fully saturated rings. The van der Waals surface area contributed by atoms with Gasteiger partial charge in [0.1, 0.15) is 18.1 Å². The Hall–Kier alpha value is -2.90. The largest absolute Gasteiger partial charge is 0.488 e. The number of nitrogens with zero attached hydrogens (tertiary/aromatic N) is 4. The highest BCUT2D eigenvalue weighted by Gasteiger charge is 2.51. The van der Waals surface area contributed by atoms with Gasteiger partial charge in [-0.25, -0.2) is 8.78 Å². The van der Waals surface area contributed by atoms with E-state index in [2.05, 4.69) is 20.1 Å². The summed E-state index contributed by atoms with van der Waals surface area (Å²) in [6, 6.07) is 6.88. The smallest absolute Gasteiger partial charge is 0.272 e. The Morgan fingerprint density at radius 1 is 1.24 bits per heavy atom. The monoisotopic (exact) mass is 344 g/mol. The Balaban J connectivity index is 1.59. The molecule has 6 nitrogen and oxygen atoms in total. The third kappa shape index (κ3) is 3.07. The minimum Gasteiger partial charge on any atom is -0.488 e. The Labute approximate surface area is 141 Å². The maximum absolute atomic E-state index is 12.3. The number of alkyl halides is 2. The fourth-order valence-electron chi connectivity index (χ4n) is 2.70. The molecule has 4 rings (SSSR count). The van der Waals surface area contributed by atoms with E-state index < -0.39 is 13.0 Å². The van der Waals surface area contributed by atoms with Crippen molar-refractivity contribution in [2.45, 2.75) is 24.7 Å². The zero-order valence-electron chi connectivity index (χ0n) is 13.1. The molecule has 0 spiro atoms. The Morgan fingerprint density at radius 3 is 2.84 bits per heavy atom. The van der Waals surface area contributed by atoms with Crippen LogP contribution >= 0.6 is 0 Å². The van der Waals surface area contributed by atoms with E-state index in [4.69, 9.17) is 9.26 Å². The quantitative estimate of drug-likeness (QED) is 0.683. The first-order valence-electron chi connectivity index (χ1n) is 7.79. The molecule has 0 aliphatic heterocycles. The first-order valence-corrected chi connectivity index (χ1v) is 7.79. The van der Waals surface area contributed by atoms with Crippen molar-refractivity contribution in [3.63, 3.8) is 0 Å². The second kappa shape index (κ2) is 6.19. The minimum absolute atomic E-state index is 0.282. The van der Waals surface area contributed by atoms with Gasteiger partial charge in [0.2, 0.25) is 11.7 Å². The topological polar surface area (TPSA) is 73.9 Å². The van der Waals surface area contributed by atoms with E-state index in [1.165, 1.54) is 18.3 Å². The molecule has 3 aromatic heterocycles. The standard InChI is InChI=1S/C17H14F2N4O2/c18-14(19)10-24-12-3-7-21-13(8-12)15-22-16(25-23-15)17(4-5-17)11-2-1-6-20-9-11/h1-3,6-9,14H,4-5,10H2. The summed E-state index contributed by atoms with van der Waals surface area (Å²) in [5.74, 6) is 1.09. The minimum atomic E-state index is -2.54. The number of pyridine rings is 2. The van der Waals surface area contributed by atoms with Gasteiger partial charge in [0, 0.05) is 24.7 Å². The van der Waals surface area contributed by atoms with E-state index in [0.717, 1.165) is 18.4 Å². The molecule has 1 aliphatic carbocycles. The van der Waals surface area contributed by atoms with Crippen LogP contribution < -0.4 is 4.74 Å². The number of hydrogen-bond acceptors (Lipinski definition) is 6. The van der Waals surface area contributed by atoms with Gasteiger partial charge >= 0.3 is 0 Å². The van der Waals surface area contributed by atoms with Crippen LogP contribution in [0.5, 0.6) is 5.75 Å². The van der Waals surface area contributed by atoms with Crippen LogP contribution in [0.4, 0.5) is 8.78 Å². The molecule has 25 heavy (non-hydrogen) atoms. The number of rotatable bonds is 6. The lowest BCUT2D eigenvalue weighted by Crippen LogP contribution is -2.09. The summed E-state index contributed by atoms with van der Waals surface area (Å²) in [4.78, 5) is 12.8. The highest BCUT2D eigenvalue weighted by Crippen LogP contribution is 2.52. The molecule has 8 heteroatoms. The molecule has 3 heterocycles. The fraction of sp³-hybridized carbons (Fsp3) is 0.294. The summed E-state index contributed by atoms with van der Waals surface area (Å²) in [5, 5.41) is 3.98. The second-order valence-electron chi connectivity index (χ2n) is 5.83. The second-order valence-corrected chi connectivity index (χ2v) is 5.83. The maximum Gasteiger partial charge on any atom is 0.272 e. The van der Waals surface area contributed by atoms with Crippen LogP contribution in [0.15, 0.2) is 47.4 Å². The van der Waals surface area contributed by atoms with Crippen LogP contribution in [0.25, 0.3) is 11.5 Å². The predicted molar refractivity (Wildman–Crippen MR) is 83.3 cm³/mol. The van der Waals surface area contributed by atoms with Gasteiger partial charge in [0.25, 0.3) is 6.43 Å². The molecule has 1 saturated carbocycles. The molecule has 0 N–H and O–H groups in total. The van der Waals surface area contributed by atoms with Crippen LogP contribution in [0.3, 0.4) is 0 Å². The number of aromatic nitrogens is 4. The number of hydrogen-bond donors (Lipinski definition) is 0. The van der Waals surface area contributed by atoms with Gasteiger partial charge in [-0.3, -0.25) is 9.97 Å². The molecular weight excluding hydrogens is 330 g/mol. The summed E-state index contributed by atoms with van der Waals surface area (Å²) in [5.41, 5.74) is 1.15. The van der Waals surface area contributed by atoms with Crippen molar-refractivity contribution in [3.8, 4) is 17.3 Å². The lowest BCUT2D eigenvalue weighted by atomic mass is 9.98. The van der Waals surface area contributed by atoms with Crippen LogP contribution in [0.1, 0.15) is 24.3 Å². The average Bonchev–Trinajstić information content (AvgIpc) is 3.31. The van der Waals surface area contributed by atoms with Gasteiger partial charge in [-0.2, -0.15) is 4.98 Å². The first kappa shape index (κ1) is 15.6. The van der Waals surface area contributed by atoms with Crippen LogP contribution in [0, 0.1) is 0 Å². The van der Waals surface area contributed by atoms with Crippen LogP contribution in [-0.4, -0.2) is 33.1 Å². The molecule has 0 amide bonds. The molecule has 128 valence electrons. The number of halogens is 2. The lowest BCUT2D eigenvalue weighted by Gasteiger charge is -2.09. The first-order chi connectivity index (χ1) is 12.2. The Bertz CT molecular complexity index is 866. The van der Waals surface area contributed by atoms with Crippen molar-refractivity contribution in [2.75, 3.05) is 6.61 Å². The molecule has 0 radical (unpaired) electrons. The summed E-state index contributed by atoms with van der Waals surface area (Å²) < 4.78 is 35.0. The van der Waals surface area contributed by atoms with E-state index in [1.54, 1.807) is 12.4 Å². The summed E-state index contributed by atoms with van der Waals surface area (Å²) in [6.45, 7) is -0.676. The lowest BCUT2D eigenvalue weighted by molar-refractivity contribution is 0.0819. The van der Waals surface area contributed by atoms with Crippen molar-refractivity contribution in [3.05, 3.63) is 54.3 Å². The molecular formula is C17H14F2N4O2. The van der Waals surface area contributed by atoms with Gasteiger partial charge < -0.3 is 9.26 Å². The summed E-state index contributed by atoms with van der Waals surface area (Å²) in [6.07, 6.45) is 4.25. The van der Waals surface area contributed by atoms with Gasteiger partial charge in [-0.15, -0.1) is 0 Å². The van der Waals surface area contributed by atoms with Gasteiger partial charge in [0.05, 0.1) is 5.41 Å². The Kier molecular flexibility index (Phi) is 3.87. The van der Waals surface area contributed by atoms with Crippen LogP contribution in [-0.2, 0) is 5.41 Å². The normalized spacial score (nSPS) is 15.3. The molecule has 0 aromatic carbocycles. The van der Waals surface area contributed by atoms with E-state index >= 15 is 0 Å². The van der Waals surface area contributed by atoms with Crippen molar-refractivity contribution in [1.29, 1.82) is 0 Å².